The van der Waals surface area contributed by atoms with Crippen LogP contribution in [0, 0.1) is 0 Å². The third-order valence-electron chi connectivity index (χ3n) is 3.72. The van der Waals surface area contributed by atoms with Crippen molar-refractivity contribution in [3.8, 4) is 5.88 Å². The van der Waals surface area contributed by atoms with Gasteiger partial charge in [-0.05, 0) is 27.7 Å². The molecule has 140 valence electrons. The molecule has 0 N–H and O–H groups in total. The van der Waals surface area contributed by atoms with Crippen LogP contribution in [0.3, 0.4) is 0 Å². The van der Waals surface area contributed by atoms with Crippen molar-refractivity contribution < 1.29 is 23.8 Å². The second kappa shape index (κ2) is 7.76. The summed E-state index contributed by atoms with van der Waals surface area (Å²) in [7, 11) is 1.67. The number of hydrogen-bond acceptors (Lipinski definition) is 6. The third-order valence-corrected chi connectivity index (χ3v) is 3.72. The lowest BCUT2D eigenvalue weighted by atomic mass is 10.1. The number of carbonyl (C=O) groups is 2. The Balaban J connectivity index is 1.87. The van der Waals surface area contributed by atoms with Crippen molar-refractivity contribution in [3.63, 3.8) is 0 Å². The molecule has 0 aromatic carbocycles. The number of carbonyl (C=O) groups excluding carboxylic acids is 2. The van der Waals surface area contributed by atoms with Crippen LogP contribution in [-0.2, 0) is 16.5 Å². The Morgan fingerprint density at radius 3 is 2.48 bits per heavy atom. The molecule has 0 aliphatic carbocycles. The van der Waals surface area contributed by atoms with Crippen molar-refractivity contribution in [2.45, 2.75) is 52.2 Å². The Bertz CT molecular complexity index is 612. The summed E-state index contributed by atoms with van der Waals surface area (Å²) < 4.78 is 17.7. The van der Waals surface area contributed by atoms with Gasteiger partial charge in [0.15, 0.2) is 0 Å². The van der Waals surface area contributed by atoms with Crippen LogP contribution in [0.1, 0.15) is 51.0 Å². The second-order valence-electron chi connectivity index (χ2n) is 7.00. The minimum absolute atomic E-state index is 0.0522. The Morgan fingerprint density at radius 2 is 1.92 bits per heavy atom. The van der Waals surface area contributed by atoms with Crippen LogP contribution < -0.4 is 4.74 Å². The Morgan fingerprint density at radius 1 is 1.28 bits per heavy atom. The molecule has 0 atom stereocenters. The van der Waals surface area contributed by atoms with E-state index in [1.165, 1.54) is 4.68 Å². The quantitative estimate of drug-likeness (QED) is 0.773. The van der Waals surface area contributed by atoms with E-state index in [2.05, 4.69) is 5.10 Å². The van der Waals surface area contributed by atoms with E-state index in [9.17, 15) is 9.59 Å². The molecule has 1 saturated heterocycles. The first-order chi connectivity index (χ1) is 11.7. The summed E-state index contributed by atoms with van der Waals surface area (Å²) in [5.41, 5.74) is -0.148. The largest absolute Gasteiger partial charge is 0.473 e. The van der Waals surface area contributed by atoms with Crippen LogP contribution in [0.4, 0.5) is 4.79 Å². The molecule has 1 aromatic rings. The van der Waals surface area contributed by atoms with E-state index in [-0.39, 0.29) is 12.2 Å². The molecule has 0 unspecified atom stereocenters. The molecule has 1 amide bonds. The molecule has 1 aliphatic heterocycles. The zero-order valence-electron chi connectivity index (χ0n) is 15.6. The summed E-state index contributed by atoms with van der Waals surface area (Å²) in [5, 5.41) is 4.20. The van der Waals surface area contributed by atoms with Crippen molar-refractivity contribution in [1.29, 1.82) is 0 Å². The number of nitrogens with zero attached hydrogens (tertiary/aromatic N) is 3. The lowest BCUT2D eigenvalue weighted by Crippen LogP contribution is -2.44. The van der Waals surface area contributed by atoms with Crippen LogP contribution >= 0.6 is 0 Å². The van der Waals surface area contributed by atoms with E-state index in [0.29, 0.717) is 44.1 Å². The number of likely N-dealkylation sites (tertiary alicyclic amines) is 1. The van der Waals surface area contributed by atoms with Gasteiger partial charge in [-0.3, -0.25) is 4.68 Å². The van der Waals surface area contributed by atoms with Gasteiger partial charge in [-0.1, -0.05) is 0 Å². The highest BCUT2D eigenvalue weighted by Crippen LogP contribution is 2.20. The van der Waals surface area contributed by atoms with E-state index in [0.717, 1.165) is 0 Å². The zero-order chi connectivity index (χ0) is 18.6. The normalized spacial score (nSPS) is 15.8. The van der Waals surface area contributed by atoms with Gasteiger partial charge < -0.3 is 19.1 Å². The molecular weight excluding hydrogens is 326 g/mol. The molecule has 25 heavy (non-hydrogen) atoms. The van der Waals surface area contributed by atoms with Gasteiger partial charge in [-0.2, -0.15) is 0 Å². The summed E-state index contributed by atoms with van der Waals surface area (Å²) in [6.07, 6.45) is 1.02. The Kier molecular flexibility index (Phi) is 5.92. The van der Waals surface area contributed by atoms with Gasteiger partial charge in [0.1, 0.15) is 17.4 Å². The minimum atomic E-state index is -0.498. The summed E-state index contributed by atoms with van der Waals surface area (Å²) >= 11 is 0. The molecule has 2 rings (SSSR count). The van der Waals surface area contributed by atoms with Gasteiger partial charge in [0.2, 0.25) is 5.88 Å². The summed E-state index contributed by atoms with van der Waals surface area (Å²) in [4.78, 5) is 25.6. The van der Waals surface area contributed by atoms with Crippen LogP contribution in [-0.4, -0.2) is 58.1 Å². The average Bonchev–Trinajstić information content (AvgIpc) is 2.87. The first kappa shape index (κ1) is 19.1. The highest BCUT2D eigenvalue weighted by molar-refractivity contribution is 5.87. The maximum Gasteiger partial charge on any atom is 0.410 e. The Hall–Kier alpha value is -2.25. The van der Waals surface area contributed by atoms with E-state index >= 15 is 0 Å². The fourth-order valence-electron chi connectivity index (χ4n) is 2.55. The van der Waals surface area contributed by atoms with Gasteiger partial charge in [0.05, 0.1) is 6.61 Å². The molecule has 8 heteroatoms. The molecule has 0 bridgehead atoms. The highest BCUT2D eigenvalue weighted by atomic mass is 16.6. The standard InChI is InChI=1S/C17H27N3O5/c1-6-23-15(21)13-11-14(18-19(13)5)24-12-7-9-20(10-8-12)16(22)25-17(2,3)4/h11-12H,6-10H2,1-5H3. The van der Waals surface area contributed by atoms with Crippen LogP contribution in [0.25, 0.3) is 0 Å². The fraction of sp³-hybridized carbons (Fsp3) is 0.706. The first-order valence-corrected chi connectivity index (χ1v) is 8.55. The maximum atomic E-state index is 12.1. The van der Waals surface area contributed by atoms with Crippen molar-refractivity contribution in [2.24, 2.45) is 7.05 Å². The molecule has 0 saturated carbocycles. The zero-order valence-corrected chi connectivity index (χ0v) is 15.6. The number of esters is 1. The molecule has 1 fully saturated rings. The van der Waals surface area contributed by atoms with E-state index in [1.54, 1.807) is 24.9 Å². The van der Waals surface area contributed by atoms with Gasteiger partial charge in [-0.15, -0.1) is 5.10 Å². The van der Waals surface area contributed by atoms with Crippen molar-refractivity contribution in [1.82, 2.24) is 14.7 Å². The number of piperidine rings is 1. The number of hydrogen-bond donors (Lipinski definition) is 0. The van der Waals surface area contributed by atoms with Crippen molar-refractivity contribution >= 4 is 12.1 Å². The number of aryl methyl sites for hydroxylation is 1. The molecule has 8 nitrogen and oxygen atoms in total. The van der Waals surface area contributed by atoms with Gasteiger partial charge in [0.25, 0.3) is 0 Å². The topological polar surface area (TPSA) is 82.9 Å². The highest BCUT2D eigenvalue weighted by Gasteiger charge is 2.28. The third kappa shape index (κ3) is 5.37. The number of amides is 1. The monoisotopic (exact) mass is 353 g/mol. The van der Waals surface area contributed by atoms with Crippen LogP contribution in [0.15, 0.2) is 6.07 Å². The number of aromatic nitrogens is 2. The van der Waals surface area contributed by atoms with Gasteiger partial charge in [-0.25, -0.2) is 9.59 Å². The number of ether oxygens (including phenoxy) is 3. The van der Waals surface area contributed by atoms with Crippen LogP contribution in [0.2, 0.25) is 0 Å². The van der Waals surface area contributed by atoms with Gasteiger partial charge in [0, 0.05) is 39.0 Å². The summed E-state index contributed by atoms with van der Waals surface area (Å²) in [5.74, 6) is -0.0339. The van der Waals surface area contributed by atoms with Crippen LogP contribution in [0.5, 0.6) is 5.88 Å². The minimum Gasteiger partial charge on any atom is -0.473 e. The first-order valence-electron chi connectivity index (χ1n) is 8.55. The van der Waals surface area contributed by atoms with Crippen molar-refractivity contribution in [3.05, 3.63) is 11.8 Å². The lowest BCUT2D eigenvalue weighted by Gasteiger charge is -2.33. The molecule has 0 radical (unpaired) electrons. The molecule has 2 heterocycles. The Labute approximate surface area is 148 Å². The fourth-order valence-corrected chi connectivity index (χ4v) is 2.55. The SMILES string of the molecule is CCOC(=O)c1cc(OC2CCN(C(=O)OC(C)(C)C)CC2)nn1C. The molecule has 1 aliphatic rings. The average molecular weight is 353 g/mol. The summed E-state index contributed by atoms with van der Waals surface area (Å²) in [6.45, 7) is 8.75. The predicted molar refractivity (Wildman–Crippen MR) is 90.6 cm³/mol. The molecule has 1 aromatic heterocycles. The molecular formula is C17H27N3O5. The van der Waals surface area contributed by atoms with E-state index in [4.69, 9.17) is 14.2 Å². The lowest BCUT2D eigenvalue weighted by molar-refractivity contribution is 0.0122. The summed E-state index contributed by atoms with van der Waals surface area (Å²) in [6, 6.07) is 1.58. The van der Waals surface area contributed by atoms with Crippen molar-refractivity contribution in [2.75, 3.05) is 19.7 Å². The van der Waals surface area contributed by atoms with E-state index < -0.39 is 11.6 Å². The maximum absolute atomic E-state index is 12.1. The van der Waals surface area contributed by atoms with Gasteiger partial charge >= 0.3 is 12.1 Å². The predicted octanol–water partition coefficient (Wildman–Crippen LogP) is 2.38. The smallest absolute Gasteiger partial charge is 0.410 e. The number of rotatable bonds is 4. The molecule has 0 spiro atoms. The second-order valence-corrected chi connectivity index (χ2v) is 7.00. The van der Waals surface area contributed by atoms with E-state index in [1.807, 2.05) is 20.8 Å².